The van der Waals surface area contributed by atoms with Crippen LogP contribution in [0.4, 0.5) is 5.69 Å². The zero-order chi connectivity index (χ0) is 18.0. The average molecular weight is 373 g/mol. The first-order valence-electron chi connectivity index (χ1n) is 7.30. The van der Waals surface area contributed by atoms with Crippen molar-refractivity contribution >= 4 is 52.2 Å². The second-order valence-corrected chi connectivity index (χ2v) is 6.66. The summed E-state index contributed by atoms with van der Waals surface area (Å²) in [6.45, 7) is 0. The van der Waals surface area contributed by atoms with Crippen molar-refractivity contribution in [2.75, 3.05) is 7.05 Å². The largest absolute Gasteiger partial charge is 0.478 e. The van der Waals surface area contributed by atoms with Gasteiger partial charge < -0.3 is 5.11 Å². The van der Waals surface area contributed by atoms with Gasteiger partial charge in [-0.15, -0.1) is 0 Å². The van der Waals surface area contributed by atoms with Crippen LogP contribution in [0.15, 0.2) is 58.4 Å². The van der Waals surface area contributed by atoms with Gasteiger partial charge in [0.1, 0.15) is 0 Å². The Morgan fingerprint density at radius 2 is 2.00 bits per heavy atom. The minimum Gasteiger partial charge on any atom is -0.478 e. The summed E-state index contributed by atoms with van der Waals surface area (Å²) in [4.78, 5) is 29.8. The van der Waals surface area contributed by atoms with Crippen molar-refractivity contribution in [3.05, 3.63) is 69.6 Å². The first-order chi connectivity index (χ1) is 12.0. The third-order valence-corrected chi connectivity index (χ3v) is 4.92. The van der Waals surface area contributed by atoms with Crippen LogP contribution >= 0.6 is 23.4 Å². The van der Waals surface area contributed by atoms with Crippen LogP contribution < -0.4 is 0 Å². The van der Waals surface area contributed by atoms with Crippen molar-refractivity contribution in [2.24, 2.45) is 4.99 Å². The van der Waals surface area contributed by atoms with Gasteiger partial charge in [-0.1, -0.05) is 35.9 Å². The summed E-state index contributed by atoms with van der Waals surface area (Å²) in [7, 11) is 1.63. The van der Waals surface area contributed by atoms with Gasteiger partial charge in [-0.25, -0.2) is 9.79 Å². The molecule has 1 amide bonds. The maximum Gasteiger partial charge on any atom is 0.335 e. The van der Waals surface area contributed by atoms with Gasteiger partial charge in [0.15, 0.2) is 5.17 Å². The van der Waals surface area contributed by atoms with Crippen LogP contribution in [0.5, 0.6) is 0 Å². The number of benzene rings is 2. The molecule has 7 heteroatoms. The second-order valence-electron chi connectivity index (χ2n) is 5.25. The van der Waals surface area contributed by atoms with Crippen molar-refractivity contribution in [1.29, 1.82) is 0 Å². The Balaban J connectivity index is 1.92. The van der Waals surface area contributed by atoms with E-state index in [2.05, 4.69) is 4.99 Å². The van der Waals surface area contributed by atoms with Gasteiger partial charge in [0.05, 0.1) is 16.2 Å². The fourth-order valence-electron chi connectivity index (χ4n) is 2.20. The molecule has 1 N–H and O–H groups in total. The Bertz CT molecular complexity index is 924. The molecule has 1 aliphatic heterocycles. The normalized spacial score (nSPS) is 17.5. The van der Waals surface area contributed by atoms with Crippen LogP contribution in [0.3, 0.4) is 0 Å². The van der Waals surface area contributed by atoms with Crippen molar-refractivity contribution in [3.8, 4) is 0 Å². The maximum atomic E-state index is 12.4. The third-order valence-electron chi connectivity index (χ3n) is 3.51. The highest BCUT2D eigenvalue weighted by molar-refractivity contribution is 8.18. The smallest absolute Gasteiger partial charge is 0.335 e. The number of carboxylic acid groups (broad SMARTS) is 1. The lowest BCUT2D eigenvalue weighted by molar-refractivity contribution is -0.121. The molecule has 0 aliphatic carbocycles. The molecule has 0 bridgehead atoms. The summed E-state index contributed by atoms with van der Waals surface area (Å²) >= 11 is 7.36. The van der Waals surface area contributed by atoms with E-state index in [1.165, 1.54) is 28.8 Å². The third kappa shape index (κ3) is 3.75. The van der Waals surface area contributed by atoms with Crippen LogP contribution in [-0.2, 0) is 4.79 Å². The number of hydrogen-bond donors (Lipinski definition) is 1. The molecule has 0 radical (unpaired) electrons. The van der Waals surface area contributed by atoms with Crippen molar-refractivity contribution in [3.63, 3.8) is 0 Å². The van der Waals surface area contributed by atoms with Crippen LogP contribution in [-0.4, -0.2) is 34.1 Å². The van der Waals surface area contributed by atoms with E-state index in [1.807, 2.05) is 18.2 Å². The summed E-state index contributed by atoms with van der Waals surface area (Å²) in [6, 6.07) is 13.5. The zero-order valence-electron chi connectivity index (χ0n) is 13.1. The number of carbonyl (C=O) groups is 2. The van der Waals surface area contributed by atoms with E-state index < -0.39 is 5.97 Å². The molecule has 5 nitrogen and oxygen atoms in total. The lowest BCUT2D eigenvalue weighted by Gasteiger charge is -2.07. The van der Waals surface area contributed by atoms with Gasteiger partial charge in [0, 0.05) is 12.1 Å². The Kier molecular flexibility index (Phi) is 4.92. The molecule has 2 aromatic carbocycles. The lowest BCUT2D eigenvalue weighted by atomic mass is 10.2. The van der Waals surface area contributed by atoms with Gasteiger partial charge in [-0.2, -0.15) is 0 Å². The van der Waals surface area contributed by atoms with E-state index in [-0.39, 0.29) is 11.5 Å². The summed E-state index contributed by atoms with van der Waals surface area (Å²) in [5.74, 6) is -1.21. The topological polar surface area (TPSA) is 70.0 Å². The number of carbonyl (C=O) groups excluding carboxylic acids is 1. The highest BCUT2D eigenvalue weighted by Gasteiger charge is 2.30. The second kappa shape index (κ2) is 7.13. The van der Waals surface area contributed by atoms with Crippen LogP contribution in [0, 0.1) is 0 Å². The molecular formula is C18H13ClN2O3S. The van der Waals surface area contributed by atoms with E-state index >= 15 is 0 Å². The minimum atomic E-state index is -1.02. The van der Waals surface area contributed by atoms with Gasteiger partial charge >= 0.3 is 5.97 Å². The monoisotopic (exact) mass is 372 g/mol. The Morgan fingerprint density at radius 1 is 1.24 bits per heavy atom. The van der Waals surface area contributed by atoms with Gasteiger partial charge in [0.25, 0.3) is 5.91 Å². The van der Waals surface area contributed by atoms with Gasteiger partial charge in [0.2, 0.25) is 0 Å². The van der Waals surface area contributed by atoms with Crippen molar-refractivity contribution in [2.45, 2.75) is 0 Å². The van der Waals surface area contributed by atoms with Gasteiger partial charge in [-0.05, 0) is 47.7 Å². The fourth-order valence-corrected chi connectivity index (χ4v) is 3.37. The fraction of sp³-hybridized carbons (Fsp3) is 0.0556. The number of carboxylic acids is 1. The number of likely N-dealkylation sites (N-methyl/N-ethyl adjacent to an activating group) is 1. The summed E-state index contributed by atoms with van der Waals surface area (Å²) < 4.78 is 0. The number of aliphatic imine (C=N–C) groups is 1. The first kappa shape index (κ1) is 17.3. The number of thioether (sulfide) groups is 1. The average Bonchev–Trinajstić information content (AvgIpc) is 2.85. The molecule has 3 rings (SSSR count). The van der Waals surface area contributed by atoms with Crippen molar-refractivity contribution < 1.29 is 14.7 Å². The van der Waals surface area contributed by atoms with E-state index in [0.29, 0.717) is 20.8 Å². The molecule has 1 fully saturated rings. The van der Waals surface area contributed by atoms with E-state index in [9.17, 15) is 9.59 Å². The number of nitrogens with zero attached hydrogens (tertiary/aromatic N) is 2. The molecule has 126 valence electrons. The zero-order valence-corrected chi connectivity index (χ0v) is 14.7. The molecule has 0 unspecified atom stereocenters. The molecule has 1 aliphatic rings. The molecule has 0 aromatic heterocycles. The van der Waals surface area contributed by atoms with Crippen LogP contribution in [0.25, 0.3) is 6.08 Å². The number of hydrogen-bond acceptors (Lipinski definition) is 4. The Hall–Kier alpha value is -2.57. The van der Waals surface area contributed by atoms with E-state index in [4.69, 9.17) is 16.7 Å². The van der Waals surface area contributed by atoms with Crippen LogP contribution in [0.2, 0.25) is 5.02 Å². The summed E-state index contributed by atoms with van der Waals surface area (Å²) in [5.41, 5.74) is 1.37. The molecule has 1 saturated heterocycles. The predicted octanol–water partition coefficient (Wildman–Crippen LogP) is 4.27. The predicted molar refractivity (Wildman–Crippen MR) is 100 cm³/mol. The maximum absolute atomic E-state index is 12.4. The molecule has 0 spiro atoms. The molecule has 25 heavy (non-hydrogen) atoms. The first-order valence-corrected chi connectivity index (χ1v) is 8.49. The molecule has 2 aromatic rings. The molecular weight excluding hydrogens is 360 g/mol. The summed E-state index contributed by atoms with van der Waals surface area (Å²) in [6.07, 6.45) is 1.72. The quantitative estimate of drug-likeness (QED) is 0.817. The number of halogens is 1. The van der Waals surface area contributed by atoms with Crippen LogP contribution in [0.1, 0.15) is 15.9 Å². The molecule has 0 saturated carbocycles. The minimum absolute atomic E-state index is 0.144. The number of aromatic carboxylic acids is 1. The number of rotatable bonds is 3. The van der Waals surface area contributed by atoms with Crippen molar-refractivity contribution in [1.82, 2.24) is 4.90 Å². The van der Waals surface area contributed by atoms with E-state index in [1.54, 1.807) is 31.3 Å². The molecule has 0 atom stereocenters. The number of amides is 1. The Morgan fingerprint density at radius 3 is 2.72 bits per heavy atom. The standard InChI is InChI=1S/C18H13ClN2O3S/c1-21-16(22)15(10-11-5-2-3-8-14(11)19)25-18(21)20-13-7-4-6-12(9-13)17(23)24/h2-10H,1H3,(H,23,24)/b15-10-,20-18?. The molecule has 1 heterocycles. The van der Waals surface area contributed by atoms with Gasteiger partial charge in [-0.3, -0.25) is 9.69 Å². The SMILES string of the molecule is CN1C(=O)/C(=C/c2ccccc2Cl)SC1=Nc1cccc(C(=O)O)c1. The summed E-state index contributed by atoms with van der Waals surface area (Å²) in [5, 5.41) is 10.1. The highest BCUT2D eigenvalue weighted by atomic mass is 35.5. The lowest BCUT2D eigenvalue weighted by Crippen LogP contribution is -2.23. The Labute approximate surface area is 153 Å². The number of amidine groups is 1. The van der Waals surface area contributed by atoms with E-state index in [0.717, 1.165) is 5.56 Å². The highest BCUT2D eigenvalue weighted by Crippen LogP contribution is 2.34.